The fraction of sp³-hybridized carbons (Fsp3) is 0.682. The fourth-order valence-electron chi connectivity index (χ4n) is 3.02. The van der Waals surface area contributed by atoms with Crippen LogP contribution >= 0.6 is 0 Å². The molecule has 0 unspecified atom stereocenters. The zero-order valence-electron chi connectivity index (χ0n) is 20.2. The Hall–Kier alpha value is -2.83. The lowest BCUT2D eigenvalue weighted by Crippen LogP contribution is -2.43. The lowest BCUT2D eigenvalue weighted by Gasteiger charge is -2.26. The first-order valence-electron chi connectivity index (χ1n) is 11.0. The maximum atomic E-state index is 12.6. The maximum Gasteiger partial charge on any atom is 0.351 e. The number of hydrogen-bond donors (Lipinski definition) is 2. The summed E-state index contributed by atoms with van der Waals surface area (Å²) in [4.78, 5) is 52.4. The summed E-state index contributed by atoms with van der Waals surface area (Å²) in [6, 6.07) is 1.32. The van der Waals surface area contributed by atoms with Crippen molar-refractivity contribution in [2.45, 2.75) is 66.1 Å². The zero-order valence-corrected chi connectivity index (χ0v) is 20.2. The quantitative estimate of drug-likeness (QED) is 0.266. The molecular weight excluding hydrogens is 450 g/mol. The molecule has 0 bridgehead atoms. The number of aldehydes is 1. The molecule has 1 saturated heterocycles. The van der Waals surface area contributed by atoms with Crippen LogP contribution in [0.1, 0.15) is 47.8 Å². The number of carbonyl (C=O) groups excluding carboxylic acids is 3. The second kappa shape index (κ2) is 11.5. The topological polar surface area (TPSA) is 155 Å². The van der Waals surface area contributed by atoms with E-state index in [4.69, 9.17) is 24.2 Å². The predicted octanol–water partition coefficient (Wildman–Crippen LogP) is 1.32. The number of nitrogens with one attached hydrogen (secondary N) is 1. The lowest BCUT2D eigenvalue weighted by molar-refractivity contribution is -0.173. The van der Waals surface area contributed by atoms with Crippen molar-refractivity contribution in [1.82, 2.24) is 9.55 Å². The molecule has 2 rings (SSSR count). The van der Waals surface area contributed by atoms with Gasteiger partial charge in [-0.25, -0.2) is 4.79 Å². The smallest absolute Gasteiger partial charge is 0.351 e. The normalized spacial score (nSPS) is 22.6. The molecule has 2 N–H and O–H groups in total. The third kappa shape index (κ3) is 6.84. The molecule has 2 heterocycles. The van der Waals surface area contributed by atoms with Gasteiger partial charge in [-0.05, 0) is 6.07 Å². The van der Waals surface area contributed by atoms with Crippen molar-refractivity contribution in [1.29, 1.82) is 0 Å². The van der Waals surface area contributed by atoms with Crippen LogP contribution < -0.4 is 11.2 Å². The Labute approximate surface area is 197 Å². The van der Waals surface area contributed by atoms with Crippen molar-refractivity contribution in [3.8, 4) is 0 Å². The van der Waals surface area contributed by atoms with Crippen LogP contribution in [-0.2, 0) is 33.3 Å². The Balaban J connectivity index is 2.43. The highest BCUT2D eigenvalue weighted by atomic mass is 16.7. The van der Waals surface area contributed by atoms with Crippen molar-refractivity contribution in [3.05, 3.63) is 22.7 Å². The van der Waals surface area contributed by atoms with Gasteiger partial charge in [0.05, 0.1) is 25.0 Å². The summed E-state index contributed by atoms with van der Waals surface area (Å²) in [6.45, 7) is 9.95. The molecule has 12 heteroatoms. The molecule has 1 aromatic heterocycles. The second-order valence-electron chi connectivity index (χ2n) is 9.41. The van der Waals surface area contributed by atoms with Crippen molar-refractivity contribution < 1.29 is 38.5 Å². The van der Waals surface area contributed by atoms with Crippen LogP contribution in [0.15, 0.2) is 17.1 Å². The number of anilines is 1. The SMILES string of the molecule is CC(C)C(=O)O[C@@H]1[C@H](OC(=O)C(C)C)[C@@H](COCC(C)(C)C=O)O[C@H]1n1ccc(NO)nc1=O. The van der Waals surface area contributed by atoms with Gasteiger partial charge in [0.2, 0.25) is 0 Å². The molecule has 12 nitrogen and oxygen atoms in total. The van der Waals surface area contributed by atoms with Crippen LogP contribution in [0.3, 0.4) is 0 Å². The number of aromatic nitrogens is 2. The molecule has 1 aliphatic rings. The van der Waals surface area contributed by atoms with E-state index in [0.717, 1.165) is 10.9 Å². The van der Waals surface area contributed by atoms with Gasteiger partial charge in [0.25, 0.3) is 0 Å². The van der Waals surface area contributed by atoms with E-state index < -0.39 is 59.4 Å². The molecule has 0 aliphatic carbocycles. The maximum absolute atomic E-state index is 12.6. The van der Waals surface area contributed by atoms with Crippen LogP contribution in [0.2, 0.25) is 0 Å². The van der Waals surface area contributed by atoms with Gasteiger partial charge in [-0.2, -0.15) is 4.98 Å². The van der Waals surface area contributed by atoms with Gasteiger partial charge in [0.15, 0.2) is 24.3 Å². The van der Waals surface area contributed by atoms with Gasteiger partial charge in [-0.1, -0.05) is 41.5 Å². The van der Waals surface area contributed by atoms with Crippen LogP contribution in [0.4, 0.5) is 5.82 Å². The third-order valence-corrected chi connectivity index (χ3v) is 5.03. The van der Waals surface area contributed by atoms with E-state index in [0.29, 0.717) is 0 Å². The Bertz CT molecular complexity index is 928. The molecule has 1 fully saturated rings. The van der Waals surface area contributed by atoms with Crippen molar-refractivity contribution in [2.75, 3.05) is 18.7 Å². The number of rotatable bonds is 11. The Morgan fingerprint density at radius 2 is 1.79 bits per heavy atom. The largest absolute Gasteiger partial charge is 0.455 e. The number of carbonyl (C=O) groups is 3. The molecule has 0 saturated carbocycles. The Morgan fingerprint density at radius 3 is 2.29 bits per heavy atom. The summed E-state index contributed by atoms with van der Waals surface area (Å²) >= 11 is 0. The van der Waals surface area contributed by atoms with Crippen LogP contribution in [0, 0.1) is 17.3 Å². The molecule has 0 aromatic carbocycles. The van der Waals surface area contributed by atoms with E-state index in [1.807, 2.05) is 0 Å². The van der Waals surface area contributed by atoms with E-state index in [1.165, 1.54) is 12.3 Å². The van der Waals surface area contributed by atoms with Gasteiger partial charge in [-0.3, -0.25) is 24.8 Å². The monoisotopic (exact) mass is 483 g/mol. The molecule has 4 atom stereocenters. The third-order valence-electron chi connectivity index (χ3n) is 5.03. The van der Waals surface area contributed by atoms with Crippen LogP contribution in [0.5, 0.6) is 0 Å². The first-order valence-corrected chi connectivity index (χ1v) is 11.0. The summed E-state index contributed by atoms with van der Waals surface area (Å²) < 4.78 is 24.0. The van der Waals surface area contributed by atoms with E-state index in [1.54, 1.807) is 47.0 Å². The van der Waals surface area contributed by atoms with E-state index in [2.05, 4.69) is 4.98 Å². The number of nitrogens with zero attached hydrogens (tertiary/aromatic N) is 2. The van der Waals surface area contributed by atoms with E-state index in [-0.39, 0.29) is 19.0 Å². The summed E-state index contributed by atoms with van der Waals surface area (Å²) in [5, 5.41) is 9.01. The Kier molecular flexibility index (Phi) is 9.30. The molecule has 0 amide bonds. The lowest BCUT2D eigenvalue weighted by atomic mass is 9.98. The standard InChI is InChI=1S/C22H33N3O9/c1-12(2)19(27)33-16-14(9-31-11-22(5,6)10-26)32-18(17(16)34-20(28)13(3)4)25-8-7-15(24-30)23-21(25)29/h7-8,10,12-14,16-18,30H,9,11H2,1-6H3,(H,23,24,29)/t14-,16-,17-,18-/m1/s1. The number of hydrogen-bond acceptors (Lipinski definition) is 11. The molecule has 1 aromatic rings. The highest BCUT2D eigenvalue weighted by molar-refractivity contribution is 5.73. The van der Waals surface area contributed by atoms with Crippen LogP contribution in [-0.4, -0.2) is 64.5 Å². The highest BCUT2D eigenvalue weighted by Crippen LogP contribution is 2.34. The van der Waals surface area contributed by atoms with Gasteiger partial charge in [-0.15, -0.1) is 0 Å². The molecule has 190 valence electrons. The number of ether oxygens (including phenoxy) is 4. The second-order valence-corrected chi connectivity index (χ2v) is 9.41. The van der Waals surface area contributed by atoms with Crippen molar-refractivity contribution >= 4 is 24.0 Å². The molecule has 34 heavy (non-hydrogen) atoms. The molecule has 0 spiro atoms. The zero-order chi connectivity index (χ0) is 25.6. The molecule has 1 aliphatic heterocycles. The van der Waals surface area contributed by atoms with E-state index in [9.17, 15) is 19.2 Å². The minimum Gasteiger partial charge on any atom is -0.455 e. The summed E-state index contributed by atoms with van der Waals surface area (Å²) in [7, 11) is 0. The first kappa shape index (κ1) is 27.4. The minimum absolute atomic E-state index is 0.0701. The fourth-order valence-corrected chi connectivity index (χ4v) is 3.02. The highest BCUT2D eigenvalue weighted by Gasteiger charge is 2.51. The van der Waals surface area contributed by atoms with Gasteiger partial charge in [0, 0.05) is 11.6 Å². The summed E-state index contributed by atoms with van der Waals surface area (Å²) in [5.41, 5.74) is 0.230. The average molecular weight is 484 g/mol. The summed E-state index contributed by atoms with van der Waals surface area (Å²) in [5.74, 6) is -2.20. The minimum atomic E-state index is -1.19. The average Bonchev–Trinajstić information content (AvgIpc) is 3.09. The first-order chi connectivity index (χ1) is 15.9. The number of esters is 2. The van der Waals surface area contributed by atoms with Crippen molar-refractivity contribution in [3.63, 3.8) is 0 Å². The van der Waals surface area contributed by atoms with Gasteiger partial charge >= 0.3 is 17.6 Å². The van der Waals surface area contributed by atoms with Crippen molar-refractivity contribution in [2.24, 2.45) is 17.3 Å². The van der Waals surface area contributed by atoms with E-state index >= 15 is 0 Å². The van der Waals surface area contributed by atoms with Gasteiger partial charge < -0.3 is 23.7 Å². The molecule has 0 radical (unpaired) electrons. The van der Waals surface area contributed by atoms with Crippen LogP contribution in [0.25, 0.3) is 0 Å². The van der Waals surface area contributed by atoms with Gasteiger partial charge in [0.1, 0.15) is 12.4 Å². The predicted molar refractivity (Wildman–Crippen MR) is 118 cm³/mol. The Morgan fingerprint density at radius 1 is 1.21 bits per heavy atom. The molecular formula is C22H33N3O9. The summed E-state index contributed by atoms with van der Waals surface area (Å²) in [6.07, 6.45) is -2.32.